The Hall–Kier alpha value is -2.13. The van der Waals surface area contributed by atoms with Crippen molar-refractivity contribution in [1.29, 1.82) is 0 Å². The zero-order chi connectivity index (χ0) is 13.1. The number of para-hydroxylation sites is 1. The Balaban J connectivity index is 1.66. The molecule has 3 rings (SSSR count). The Morgan fingerprint density at radius 2 is 1.95 bits per heavy atom. The molecule has 1 N–H and O–H groups in total. The molecule has 3 nitrogen and oxygen atoms in total. The third-order valence-corrected chi connectivity index (χ3v) is 3.13. The lowest BCUT2D eigenvalue weighted by Gasteiger charge is -2.04. The molecule has 0 saturated heterocycles. The number of aromatic nitrogens is 1. The van der Waals surface area contributed by atoms with Gasteiger partial charge in [-0.2, -0.15) is 0 Å². The highest BCUT2D eigenvalue weighted by Crippen LogP contribution is 2.20. The predicted octanol–water partition coefficient (Wildman–Crippen LogP) is 3.43. The quantitative estimate of drug-likeness (QED) is 0.773. The molecule has 0 unspecified atom stereocenters. The highest BCUT2D eigenvalue weighted by atomic mass is 16.3. The third-order valence-electron chi connectivity index (χ3n) is 3.13. The minimum absolute atomic E-state index is 0.765. The average Bonchev–Trinajstić information content (AvgIpc) is 2.83. The van der Waals surface area contributed by atoms with E-state index in [1.54, 1.807) is 0 Å². The van der Waals surface area contributed by atoms with Gasteiger partial charge in [-0.1, -0.05) is 24.3 Å². The lowest BCUT2D eigenvalue weighted by atomic mass is 10.2. The molecule has 3 heteroatoms. The summed E-state index contributed by atoms with van der Waals surface area (Å²) >= 11 is 0. The van der Waals surface area contributed by atoms with Crippen molar-refractivity contribution in [2.45, 2.75) is 20.0 Å². The fraction of sp³-hybridized carbons (Fsp3) is 0.188. The number of fused-ring (bicyclic) bond motifs is 1. The first-order valence-corrected chi connectivity index (χ1v) is 6.41. The number of pyridine rings is 1. The van der Waals surface area contributed by atoms with E-state index in [2.05, 4.69) is 16.4 Å². The van der Waals surface area contributed by atoms with Crippen molar-refractivity contribution < 1.29 is 4.42 Å². The van der Waals surface area contributed by atoms with Gasteiger partial charge in [0.2, 0.25) is 0 Å². The fourth-order valence-corrected chi connectivity index (χ4v) is 2.19. The van der Waals surface area contributed by atoms with Crippen molar-refractivity contribution in [2.75, 3.05) is 0 Å². The van der Waals surface area contributed by atoms with E-state index in [-0.39, 0.29) is 0 Å². The molecule has 0 aliphatic carbocycles. The molecule has 0 aliphatic heterocycles. The number of rotatable bonds is 4. The van der Waals surface area contributed by atoms with Crippen LogP contribution in [0.3, 0.4) is 0 Å². The minimum atomic E-state index is 0.765. The molecule has 0 saturated carbocycles. The van der Waals surface area contributed by atoms with Crippen LogP contribution in [0, 0.1) is 6.92 Å². The van der Waals surface area contributed by atoms with Gasteiger partial charge in [0.1, 0.15) is 5.58 Å². The van der Waals surface area contributed by atoms with Crippen LogP contribution in [0.25, 0.3) is 11.0 Å². The number of aryl methyl sites for hydroxylation is 1. The van der Waals surface area contributed by atoms with Gasteiger partial charge in [-0.3, -0.25) is 4.98 Å². The summed E-state index contributed by atoms with van der Waals surface area (Å²) in [6, 6.07) is 14.2. The maximum Gasteiger partial charge on any atom is 0.134 e. The highest BCUT2D eigenvalue weighted by Gasteiger charge is 2.04. The zero-order valence-corrected chi connectivity index (χ0v) is 10.9. The Bertz CT molecular complexity index is 688. The summed E-state index contributed by atoms with van der Waals surface area (Å²) in [6.07, 6.45) is 1.82. The summed E-state index contributed by atoms with van der Waals surface area (Å²) in [5.41, 5.74) is 4.23. The number of hydrogen-bond donors (Lipinski definition) is 1. The van der Waals surface area contributed by atoms with Crippen LogP contribution in [0.15, 0.2) is 53.1 Å². The van der Waals surface area contributed by atoms with Gasteiger partial charge >= 0.3 is 0 Å². The molecule has 19 heavy (non-hydrogen) atoms. The summed E-state index contributed by atoms with van der Waals surface area (Å²) in [7, 11) is 0. The van der Waals surface area contributed by atoms with Gasteiger partial charge in [-0.15, -0.1) is 0 Å². The van der Waals surface area contributed by atoms with E-state index < -0.39 is 0 Å². The van der Waals surface area contributed by atoms with Crippen LogP contribution in [-0.2, 0) is 13.1 Å². The monoisotopic (exact) mass is 252 g/mol. The molecule has 0 aliphatic rings. The molecular formula is C16H16N2O. The smallest absolute Gasteiger partial charge is 0.134 e. The Labute approximate surface area is 112 Å². The summed E-state index contributed by atoms with van der Waals surface area (Å²) in [5.74, 6) is 0. The summed E-state index contributed by atoms with van der Waals surface area (Å²) in [4.78, 5) is 4.47. The average molecular weight is 252 g/mol. The second-order valence-corrected chi connectivity index (χ2v) is 4.63. The molecule has 3 aromatic rings. The Kier molecular flexibility index (Phi) is 3.29. The van der Waals surface area contributed by atoms with Crippen molar-refractivity contribution >= 4 is 11.0 Å². The molecule has 0 radical (unpaired) electrons. The van der Waals surface area contributed by atoms with Gasteiger partial charge in [-0.05, 0) is 25.1 Å². The SMILES string of the molecule is Cc1cccc(CNCc2coc3ccccc23)n1. The second-order valence-electron chi connectivity index (χ2n) is 4.63. The van der Waals surface area contributed by atoms with Crippen LogP contribution in [0.4, 0.5) is 0 Å². The van der Waals surface area contributed by atoms with E-state index in [1.807, 2.05) is 49.6 Å². The largest absolute Gasteiger partial charge is 0.464 e. The molecule has 96 valence electrons. The maximum absolute atomic E-state index is 5.52. The zero-order valence-electron chi connectivity index (χ0n) is 10.9. The van der Waals surface area contributed by atoms with E-state index >= 15 is 0 Å². The summed E-state index contributed by atoms with van der Waals surface area (Å²) < 4.78 is 5.52. The van der Waals surface area contributed by atoms with Gasteiger partial charge in [0, 0.05) is 29.7 Å². The second kappa shape index (κ2) is 5.24. The van der Waals surface area contributed by atoms with Crippen molar-refractivity contribution in [2.24, 2.45) is 0 Å². The minimum Gasteiger partial charge on any atom is -0.464 e. The molecular weight excluding hydrogens is 236 g/mol. The van der Waals surface area contributed by atoms with E-state index in [1.165, 1.54) is 10.9 Å². The van der Waals surface area contributed by atoms with Gasteiger partial charge in [0.05, 0.1) is 12.0 Å². The van der Waals surface area contributed by atoms with Gasteiger partial charge < -0.3 is 9.73 Å². The number of hydrogen-bond acceptors (Lipinski definition) is 3. The number of nitrogens with one attached hydrogen (secondary N) is 1. The molecule has 0 fully saturated rings. The lowest BCUT2D eigenvalue weighted by Crippen LogP contribution is -2.13. The third kappa shape index (κ3) is 2.66. The molecule has 0 spiro atoms. The van der Waals surface area contributed by atoms with Gasteiger partial charge in [0.15, 0.2) is 0 Å². The molecule has 2 aromatic heterocycles. The van der Waals surface area contributed by atoms with Gasteiger partial charge in [0.25, 0.3) is 0 Å². The Morgan fingerprint density at radius 3 is 2.84 bits per heavy atom. The molecule has 2 heterocycles. The van der Waals surface area contributed by atoms with Crippen LogP contribution in [0.5, 0.6) is 0 Å². The van der Waals surface area contributed by atoms with E-state index in [4.69, 9.17) is 4.42 Å². The van der Waals surface area contributed by atoms with Crippen LogP contribution >= 0.6 is 0 Å². The molecule has 0 bridgehead atoms. The first-order chi connectivity index (χ1) is 9.33. The highest BCUT2D eigenvalue weighted by molar-refractivity contribution is 5.80. The van der Waals surface area contributed by atoms with Crippen molar-refractivity contribution in [3.63, 3.8) is 0 Å². The van der Waals surface area contributed by atoms with Crippen molar-refractivity contribution in [1.82, 2.24) is 10.3 Å². The number of benzene rings is 1. The van der Waals surface area contributed by atoms with E-state index in [0.717, 1.165) is 30.1 Å². The van der Waals surface area contributed by atoms with Crippen molar-refractivity contribution in [3.8, 4) is 0 Å². The summed E-state index contributed by atoms with van der Waals surface area (Å²) in [6.45, 7) is 3.56. The molecule has 0 amide bonds. The first kappa shape index (κ1) is 11.9. The Morgan fingerprint density at radius 1 is 1.05 bits per heavy atom. The van der Waals surface area contributed by atoms with Crippen molar-refractivity contribution in [3.05, 3.63) is 65.7 Å². The topological polar surface area (TPSA) is 38.1 Å². The van der Waals surface area contributed by atoms with E-state index in [9.17, 15) is 0 Å². The molecule has 0 atom stereocenters. The number of furan rings is 1. The van der Waals surface area contributed by atoms with E-state index in [0.29, 0.717) is 0 Å². The maximum atomic E-state index is 5.52. The lowest BCUT2D eigenvalue weighted by molar-refractivity contribution is 0.600. The van der Waals surface area contributed by atoms with Crippen LogP contribution in [0.1, 0.15) is 17.0 Å². The van der Waals surface area contributed by atoms with Crippen LogP contribution in [0.2, 0.25) is 0 Å². The molecule has 1 aromatic carbocycles. The predicted molar refractivity (Wildman–Crippen MR) is 75.7 cm³/mol. The standard InChI is InChI=1S/C16H16N2O/c1-12-5-4-6-14(18-12)10-17-9-13-11-19-16-8-3-2-7-15(13)16/h2-8,11,17H,9-10H2,1H3. The summed E-state index contributed by atoms with van der Waals surface area (Å²) in [5, 5.41) is 4.57. The fourth-order valence-electron chi connectivity index (χ4n) is 2.19. The number of nitrogens with zero attached hydrogens (tertiary/aromatic N) is 1. The normalized spacial score (nSPS) is 11.0. The first-order valence-electron chi connectivity index (χ1n) is 6.41. The van der Waals surface area contributed by atoms with Crippen LogP contribution in [-0.4, -0.2) is 4.98 Å². The van der Waals surface area contributed by atoms with Crippen LogP contribution < -0.4 is 5.32 Å². The van der Waals surface area contributed by atoms with Gasteiger partial charge in [-0.25, -0.2) is 0 Å².